The first-order valence-corrected chi connectivity index (χ1v) is 8.45. The molecule has 0 saturated carbocycles. The lowest BCUT2D eigenvalue weighted by molar-refractivity contribution is 0.0911. The van der Waals surface area contributed by atoms with E-state index in [1.165, 1.54) is 0 Å². The number of ether oxygens (including phenoxy) is 2. The van der Waals surface area contributed by atoms with E-state index in [2.05, 4.69) is 0 Å². The second-order valence-corrected chi connectivity index (χ2v) is 6.56. The fourth-order valence-electron chi connectivity index (χ4n) is 1.63. The summed E-state index contributed by atoms with van der Waals surface area (Å²) >= 11 is 0. The van der Waals surface area contributed by atoms with Gasteiger partial charge >= 0.3 is 0 Å². The Kier molecular flexibility index (Phi) is 7.58. The van der Waals surface area contributed by atoms with Crippen LogP contribution in [0, 0.1) is 5.92 Å². The number of sulfonamides is 1. The van der Waals surface area contributed by atoms with Crippen LogP contribution < -0.4 is 9.88 Å². The largest absolute Gasteiger partial charge is 0.491 e. The zero-order chi connectivity index (χ0) is 14.8. The number of rotatable bonds is 10. The van der Waals surface area contributed by atoms with Crippen LogP contribution in [-0.4, -0.2) is 34.0 Å². The molecule has 0 aliphatic carbocycles. The van der Waals surface area contributed by atoms with Crippen molar-refractivity contribution in [1.82, 2.24) is 0 Å². The van der Waals surface area contributed by atoms with Crippen molar-refractivity contribution in [3.8, 4) is 5.75 Å². The van der Waals surface area contributed by atoms with Crippen molar-refractivity contribution in [1.29, 1.82) is 0 Å². The summed E-state index contributed by atoms with van der Waals surface area (Å²) in [6.07, 6.45) is 1.39. The van der Waals surface area contributed by atoms with Crippen molar-refractivity contribution in [2.75, 3.05) is 25.6 Å². The molecule has 114 valence electrons. The molecule has 1 aromatic rings. The van der Waals surface area contributed by atoms with Crippen molar-refractivity contribution in [2.24, 2.45) is 11.1 Å². The molecule has 0 amide bonds. The zero-order valence-electron chi connectivity index (χ0n) is 11.8. The van der Waals surface area contributed by atoms with Gasteiger partial charge in [0.05, 0.1) is 12.4 Å². The highest BCUT2D eigenvalue weighted by molar-refractivity contribution is 7.89. The van der Waals surface area contributed by atoms with E-state index in [0.29, 0.717) is 26.2 Å². The molecule has 0 heterocycles. The van der Waals surface area contributed by atoms with Gasteiger partial charge in [-0.15, -0.1) is 0 Å². The predicted octanol–water partition coefficient (Wildman–Crippen LogP) is 1.79. The van der Waals surface area contributed by atoms with E-state index in [1.54, 1.807) is 0 Å². The van der Waals surface area contributed by atoms with Crippen LogP contribution in [0.5, 0.6) is 5.75 Å². The number of primary sulfonamides is 1. The van der Waals surface area contributed by atoms with E-state index in [0.717, 1.165) is 12.2 Å². The fraction of sp³-hybridized carbons (Fsp3) is 0.571. The summed E-state index contributed by atoms with van der Waals surface area (Å²) in [6, 6.07) is 9.57. The molecule has 6 heteroatoms. The van der Waals surface area contributed by atoms with Crippen molar-refractivity contribution >= 4 is 10.0 Å². The minimum Gasteiger partial charge on any atom is -0.491 e. The van der Waals surface area contributed by atoms with Gasteiger partial charge in [-0.3, -0.25) is 0 Å². The molecule has 1 atom stereocenters. The molecule has 0 radical (unpaired) electrons. The van der Waals surface area contributed by atoms with Crippen LogP contribution in [0.2, 0.25) is 0 Å². The minimum atomic E-state index is -3.35. The molecule has 0 spiro atoms. The monoisotopic (exact) mass is 301 g/mol. The second-order valence-electron chi connectivity index (χ2n) is 4.82. The van der Waals surface area contributed by atoms with E-state index in [-0.39, 0.29) is 11.7 Å². The fourth-order valence-corrected chi connectivity index (χ4v) is 2.36. The Morgan fingerprint density at radius 2 is 1.80 bits per heavy atom. The smallest absolute Gasteiger partial charge is 0.209 e. The summed E-state index contributed by atoms with van der Waals surface area (Å²) in [5, 5.41) is 4.96. The van der Waals surface area contributed by atoms with Crippen LogP contribution in [0.15, 0.2) is 30.3 Å². The van der Waals surface area contributed by atoms with Crippen molar-refractivity contribution in [2.45, 2.75) is 19.8 Å². The Morgan fingerprint density at radius 3 is 2.45 bits per heavy atom. The Labute approximate surface area is 121 Å². The van der Waals surface area contributed by atoms with Gasteiger partial charge in [-0.2, -0.15) is 0 Å². The SMILES string of the molecule is CC(CCOCCOc1ccccc1)CCS(N)(=O)=O. The van der Waals surface area contributed by atoms with E-state index >= 15 is 0 Å². The highest BCUT2D eigenvalue weighted by atomic mass is 32.2. The number of benzene rings is 1. The van der Waals surface area contributed by atoms with Crippen molar-refractivity contribution in [3.05, 3.63) is 30.3 Å². The van der Waals surface area contributed by atoms with E-state index < -0.39 is 10.0 Å². The van der Waals surface area contributed by atoms with Gasteiger partial charge < -0.3 is 9.47 Å². The van der Waals surface area contributed by atoms with Gasteiger partial charge in [0.2, 0.25) is 10.0 Å². The number of nitrogens with two attached hydrogens (primary N) is 1. The van der Waals surface area contributed by atoms with Crippen LogP contribution >= 0.6 is 0 Å². The lowest BCUT2D eigenvalue weighted by Gasteiger charge is -2.11. The molecule has 0 aliphatic heterocycles. The third kappa shape index (κ3) is 8.90. The summed E-state index contributed by atoms with van der Waals surface area (Å²) in [5.41, 5.74) is 0. The number of hydrogen-bond donors (Lipinski definition) is 1. The molecule has 2 N–H and O–H groups in total. The molecule has 1 rings (SSSR count). The summed E-state index contributed by atoms with van der Waals surface area (Å²) in [4.78, 5) is 0. The maximum atomic E-state index is 10.8. The number of para-hydroxylation sites is 1. The third-order valence-corrected chi connectivity index (χ3v) is 3.69. The van der Waals surface area contributed by atoms with Crippen LogP contribution in [0.3, 0.4) is 0 Å². The minimum absolute atomic E-state index is 0.0330. The normalized spacial score (nSPS) is 13.1. The standard InChI is InChI=1S/C14H23NO4S/c1-13(8-12-20(15,16)17)7-9-18-10-11-19-14-5-3-2-4-6-14/h2-6,13H,7-12H2,1H3,(H2,15,16,17). The summed E-state index contributed by atoms with van der Waals surface area (Å²) < 4.78 is 32.6. The van der Waals surface area contributed by atoms with E-state index in [1.807, 2.05) is 37.3 Å². The quantitative estimate of drug-likeness (QED) is 0.668. The highest BCUT2D eigenvalue weighted by Gasteiger charge is 2.08. The molecular formula is C14H23NO4S. The van der Waals surface area contributed by atoms with Crippen LogP contribution in [0.4, 0.5) is 0 Å². The zero-order valence-corrected chi connectivity index (χ0v) is 12.6. The Morgan fingerprint density at radius 1 is 1.10 bits per heavy atom. The molecule has 0 fully saturated rings. The Balaban J connectivity index is 1.99. The molecule has 0 bridgehead atoms. The van der Waals surface area contributed by atoms with Gasteiger partial charge in [0.1, 0.15) is 12.4 Å². The molecular weight excluding hydrogens is 278 g/mol. The average molecular weight is 301 g/mol. The van der Waals surface area contributed by atoms with Crippen LogP contribution in [0.1, 0.15) is 19.8 Å². The summed E-state index contributed by atoms with van der Waals surface area (Å²) in [7, 11) is -3.35. The lowest BCUT2D eigenvalue weighted by atomic mass is 10.1. The van der Waals surface area contributed by atoms with Gasteiger partial charge in [-0.1, -0.05) is 25.1 Å². The predicted molar refractivity (Wildman–Crippen MR) is 79.1 cm³/mol. The molecule has 20 heavy (non-hydrogen) atoms. The maximum Gasteiger partial charge on any atom is 0.209 e. The highest BCUT2D eigenvalue weighted by Crippen LogP contribution is 2.09. The summed E-state index contributed by atoms with van der Waals surface area (Å²) in [6.45, 7) is 3.63. The molecule has 1 aromatic carbocycles. The first-order valence-electron chi connectivity index (χ1n) is 6.73. The van der Waals surface area contributed by atoms with Crippen LogP contribution in [0.25, 0.3) is 0 Å². The van der Waals surface area contributed by atoms with Gasteiger partial charge in [0.25, 0.3) is 0 Å². The molecule has 0 aliphatic rings. The topological polar surface area (TPSA) is 78.6 Å². The average Bonchev–Trinajstić information content (AvgIpc) is 2.41. The summed E-state index contributed by atoms with van der Waals surface area (Å²) in [5.74, 6) is 1.15. The van der Waals surface area contributed by atoms with Gasteiger partial charge in [0.15, 0.2) is 0 Å². The van der Waals surface area contributed by atoms with Crippen molar-refractivity contribution < 1.29 is 17.9 Å². The lowest BCUT2D eigenvalue weighted by Crippen LogP contribution is -2.18. The van der Waals surface area contributed by atoms with Crippen molar-refractivity contribution in [3.63, 3.8) is 0 Å². The van der Waals surface area contributed by atoms with Gasteiger partial charge in [0, 0.05) is 6.61 Å². The number of hydrogen-bond acceptors (Lipinski definition) is 4. The molecule has 0 saturated heterocycles. The Bertz CT molecular complexity index is 461. The van der Waals surface area contributed by atoms with Crippen LogP contribution in [-0.2, 0) is 14.8 Å². The van der Waals surface area contributed by atoms with E-state index in [9.17, 15) is 8.42 Å². The molecule has 1 unspecified atom stereocenters. The van der Waals surface area contributed by atoms with Gasteiger partial charge in [-0.25, -0.2) is 13.6 Å². The Hall–Kier alpha value is -1.11. The third-order valence-electron chi connectivity index (χ3n) is 2.89. The first-order chi connectivity index (χ1) is 9.47. The molecule has 5 nitrogen and oxygen atoms in total. The first kappa shape index (κ1) is 16.9. The van der Waals surface area contributed by atoms with E-state index in [4.69, 9.17) is 14.6 Å². The van der Waals surface area contributed by atoms with Gasteiger partial charge in [-0.05, 0) is 30.9 Å². The molecule has 0 aromatic heterocycles. The second kappa shape index (κ2) is 8.94. The maximum absolute atomic E-state index is 10.8.